The average molecular weight is 282 g/mol. The summed E-state index contributed by atoms with van der Waals surface area (Å²) in [5, 5.41) is 0. The van der Waals surface area contributed by atoms with Gasteiger partial charge in [-0.2, -0.15) is 4.98 Å². The Hall–Kier alpha value is -2.82. The first-order valence-corrected chi connectivity index (χ1v) is 6.46. The molecule has 0 bridgehead atoms. The molecule has 0 aliphatic carbocycles. The van der Waals surface area contributed by atoms with E-state index < -0.39 is 0 Å². The summed E-state index contributed by atoms with van der Waals surface area (Å²) in [6, 6.07) is 11.8. The Morgan fingerprint density at radius 2 is 1.95 bits per heavy atom. The smallest absolute Gasteiger partial charge is 0.307 e. The van der Waals surface area contributed by atoms with Crippen molar-refractivity contribution in [2.24, 2.45) is 0 Å². The fourth-order valence-corrected chi connectivity index (χ4v) is 2.37. The van der Waals surface area contributed by atoms with E-state index >= 15 is 0 Å². The van der Waals surface area contributed by atoms with Crippen LogP contribution >= 0.6 is 0 Å². The van der Waals surface area contributed by atoms with Crippen molar-refractivity contribution in [3.8, 4) is 17.0 Å². The van der Waals surface area contributed by atoms with Gasteiger partial charge in [-0.1, -0.05) is 0 Å². The molecular weight excluding hydrogens is 271 g/mol. The van der Waals surface area contributed by atoms with Crippen LogP contribution in [-0.2, 0) is 0 Å². The molecule has 0 saturated carbocycles. The Balaban J connectivity index is 1.88. The molecule has 0 radical (unpaired) electrons. The van der Waals surface area contributed by atoms with E-state index in [0.717, 1.165) is 22.5 Å². The Labute approximate surface area is 119 Å². The molecule has 0 fully saturated rings. The van der Waals surface area contributed by atoms with E-state index in [1.54, 1.807) is 19.2 Å². The van der Waals surface area contributed by atoms with E-state index in [2.05, 4.69) is 4.98 Å². The Morgan fingerprint density at radius 3 is 2.71 bits per heavy atom. The van der Waals surface area contributed by atoms with Crippen molar-refractivity contribution >= 4 is 16.9 Å². The molecule has 0 saturated heterocycles. The Morgan fingerprint density at radius 1 is 1.14 bits per heavy atom. The first-order valence-electron chi connectivity index (χ1n) is 6.46. The second kappa shape index (κ2) is 4.34. The first kappa shape index (κ1) is 12.0. The minimum atomic E-state index is -0.265. The van der Waals surface area contributed by atoms with Crippen LogP contribution in [0.5, 0.6) is 5.75 Å². The topological polar surface area (TPSA) is 39.7 Å². The molecule has 0 atom stereocenters. The van der Waals surface area contributed by atoms with Crippen LogP contribution in [0.3, 0.4) is 0 Å². The third kappa shape index (κ3) is 1.86. The number of methoxy groups -OCH3 is 1. The summed E-state index contributed by atoms with van der Waals surface area (Å²) in [6.45, 7) is 0. The summed E-state index contributed by atoms with van der Waals surface area (Å²) in [5.74, 6) is 0.968. The minimum absolute atomic E-state index is 0.265. The number of ether oxygens (including phenoxy) is 1. The molecule has 5 heteroatoms. The predicted molar refractivity (Wildman–Crippen MR) is 76.9 cm³/mol. The number of rotatable bonds is 2. The van der Waals surface area contributed by atoms with Gasteiger partial charge in [0.1, 0.15) is 11.6 Å². The molecule has 0 N–H and O–H groups in total. The largest absolute Gasteiger partial charge is 0.497 e. The summed E-state index contributed by atoms with van der Waals surface area (Å²) in [5.41, 5.74) is 3.21. The molecule has 4 nitrogen and oxygen atoms in total. The average Bonchev–Trinajstić information content (AvgIpc) is 3.04. The van der Waals surface area contributed by atoms with Crippen LogP contribution in [0.2, 0.25) is 0 Å². The second-order valence-electron chi connectivity index (χ2n) is 4.72. The first-order chi connectivity index (χ1) is 10.2. The number of hydrogen-bond donors (Lipinski definition) is 0. The lowest BCUT2D eigenvalue weighted by atomic mass is 10.2. The highest BCUT2D eigenvalue weighted by molar-refractivity contribution is 5.79. The summed E-state index contributed by atoms with van der Waals surface area (Å²) in [6.07, 6.45) is 1.88. The van der Waals surface area contributed by atoms with Gasteiger partial charge in [-0.05, 0) is 36.4 Å². The Bertz CT molecular complexity index is 938. The highest BCUT2D eigenvalue weighted by atomic mass is 19.1. The molecule has 0 spiro atoms. The highest BCUT2D eigenvalue weighted by Gasteiger charge is 2.12. The lowest BCUT2D eigenvalue weighted by Gasteiger charge is -1.97. The van der Waals surface area contributed by atoms with Gasteiger partial charge in [-0.25, -0.2) is 4.39 Å². The maximum atomic E-state index is 13.0. The van der Waals surface area contributed by atoms with Crippen molar-refractivity contribution in [2.75, 3.05) is 7.11 Å². The van der Waals surface area contributed by atoms with Crippen molar-refractivity contribution in [2.45, 2.75) is 0 Å². The van der Waals surface area contributed by atoms with Gasteiger partial charge in [0, 0.05) is 17.8 Å². The maximum Gasteiger partial charge on any atom is 0.307 e. The fourth-order valence-electron chi connectivity index (χ4n) is 2.37. The van der Waals surface area contributed by atoms with Crippen molar-refractivity contribution in [1.82, 2.24) is 9.38 Å². The van der Waals surface area contributed by atoms with Crippen LogP contribution in [0, 0.1) is 5.82 Å². The quantitative estimate of drug-likeness (QED) is 0.560. The number of oxazole rings is 1. The third-order valence-electron chi connectivity index (χ3n) is 3.44. The van der Waals surface area contributed by atoms with Crippen molar-refractivity contribution < 1.29 is 13.5 Å². The summed E-state index contributed by atoms with van der Waals surface area (Å²) >= 11 is 0. The van der Waals surface area contributed by atoms with Crippen LogP contribution < -0.4 is 4.74 Å². The Kier molecular flexibility index (Phi) is 2.47. The van der Waals surface area contributed by atoms with Crippen LogP contribution in [0.25, 0.3) is 28.2 Å². The third-order valence-corrected chi connectivity index (χ3v) is 3.44. The number of fused-ring (bicyclic) bond motifs is 3. The maximum absolute atomic E-state index is 13.0. The lowest BCUT2D eigenvalue weighted by Crippen LogP contribution is -1.82. The molecule has 0 amide bonds. The number of benzene rings is 2. The molecule has 4 aromatic rings. The zero-order chi connectivity index (χ0) is 14.4. The molecule has 0 aliphatic heterocycles. The molecule has 2 aromatic carbocycles. The zero-order valence-electron chi connectivity index (χ0n) is 11.2. The normalized spacial score (nSPS) is 11.3. The number of nitrogens with zero attached hydrogens (tertiary/aromatic N) is 2. The molecule has 21 heavy (non-hydrogen) atoms. The van der Waals surface area contributed by atoms with Crippen LogP contribution in [0.15, 0.2) is 53.1 Å². The summed E-state index contributed by atoms with van der Waals surface area (Å²) in [7, 11) is 1.61. The molecule has 0 aliphatic rings. The van der Waals surface area contributed by atoms with E-state index in [4.69, 9.17) is 9.15 Å². The minimum Gasteiger partial charge on any atom is -0.497 e. The van der Waals surface area contributed by atoms with Gasteiger partial charge >= 0.3 is 5.84 Å². The molecular formula is C16H11FN2O2. The van der Waals surface area contributed by atoms with E-state index in [9.17, 15) is 4.39 Å². The lowest BCUT2D eigenvalue weighted by molar-refractivity contribution is 0.414. The molecule has 2 aromatic heterocycles. The van der Waals surface area contributed by atoms with Gasteiger partial charge in [0.2, 0.25) is 0 Å². The van der Waals surface area contributed by atoms with Crippen LogP contribution in [0.4, 0.5) is 4.39 Å². The van der Waals surface area contributed by atoms with Crippen molar-refractivity contribution in [1.29, 1.82) is 0 Å². The number of aromatic nitrogens is 2. The zero-order valence-corrected chi connectivity index (χ0v) is 11.2. The summed E-state index contributed by atoms with van der Waals surface area (Å²) in [4.78, 5) is 4.44. The van der Waals surface area contributed by atoms with Gasteiger partial charge in [0.15, 0.2) is 5.58 Å². The molecule has 0 unspecified atom stereocenters. The number of imidazole rings is 1. The van der Waals surface area contributed by atoms with Gasteiger partial charge < -0.3 is 9.15 Å². The van der Waals surface area contributed by atoms with E-state index in [0.29, 0.717) is 11.4 Å². The van der Waals surface area contributed by atoms with E-state index in [1.807, 2.05) is 28.8 Å². The van der Waals surface area contributed by atoms with Crippen molar-refractivity contribution in [3.63, 3.8) is 0 Å². The fraction of sp³-hybridized carbons (Fsp3) is 0.0625. The molecule has 104 valence electrons. The predicted octanol–water partition coefficient (Wildman–Crippen LogP) is 3.90. The van der Waals surface area contributed by atoms with Gasteiger partial charge in [-0.3, -0.25) is 4.40 Å². The van der Waals surface area contributed by atoms with Gasteiger partial charge in [-0.15, -0.1) is 0 Å². The van der Waals surface area contributed by atoms with Gasteiger partial charge in [0.25, 0.3) is 0 Å². The van der Waals surface area contributed by atoms with E-state index in [-0.39, 0.29) is 5.82 Å². The second-order valence-corrected chi connectivity index (χ2v) is 4.72. The summed E-state index contributed by atoms with van der Waals surface area (Å²) < 4.78 is 25.7. The monoisotopic (exact) mass is 282 g/mol. The van der Waals surface area contributed by atoms with Crippen molar-refractivity contribution in [3.05, 3.63) is 54.5 Å². The number of hydrogen-bond acceptors (Lipinski definition) is 3. The molecule has 4 rings (SSSR count). The molecule has 2 heterocycles. The van der Waals surface area contributed by atoms with Crippen LogP contribution in [0.1, 0.15) is 0 Å². The highest BCUT2D eigenvalue weighted by Crippen LogP contribution is 2.27. The van der Waals surface area contributed by atoms with E-state index in [1.165, 1.54) is 12.1 Å². The number of halogens is 1. The SMILES string of the molecule is COc1ccc2c(c1)oc1nc(-c3ccc(F)cc3)cn12. The standard InChI is InChI=1S/C16H11FN2O2/c1-20-12-6-7-14-15(8-12)21-16-18-13(9-19(14)16)10-2-4-11(17)5-3-10/h2-9H,1H3. The van der Waals surface area contributed by atoms with Gasteiger partial charge in [0.05, 0.1) is 18.3 Å². The van der Waals surface area contributed by atoms with Crippen LogP contribution in [-0.4, -0.2) is 16.5 Å².